The molecule has 0 saturated carbocycles. The summed E-state index contributed by atoms with van der Waals surface area (Å²) in [6.45, 7) is 4.30. The molecule has 1 saturated heterocycles. The molecule has 1 aliphatic heterocycles. The Balaban J connectivity index is 1.44. The van der Waals surface area contributed by atoms with E-state index in [0.717, 1.165) is 41.5 Å². The minimum absolute atomic E-state index is 0.0158. The van der Waals surface area contributed by atoms with E-state index in [1.807, 2.05) is 35.5 Å². The van der Waals surface area contributed by atoms with E-state index in [9.17, 15) is 0 Å². The Labute approximate surface area is 185 Å². The number of aryl methyl sites for hydroxylation is 4. The van der Waals surface area contributed by atoms with Gasteiger partial charge in [-0.3, -0.25) is 4.68 Å². The van der Waals surface area contributed by atoms with Gasteiger partial charge in [-0.1, -0.05) is 29.8 Å². The minimum atomic E-state index is -0.0158. The number of anilines is 1. The standard InChI is InChI=1S/C24H25N5OS/c1-15-6-8-16(9-7-15)22-21-18-4-3-5-20(18)31-23(21)27-24(26-22)29-10-11-30-19(14-29)17-12-25-28(2)13-17/h6-9,12-13,19H,3-5,10-11,14H2,1-2H3. The summed E-state index contributed by atoms with van der Waals surface area (Å²) in [7, 11) is 1.94. The zero-order valence-corrected chi connectivity index (χ0v) is 18.7. The van der Waals surface area contributed by atoms with Crippen molar-refractivity contribution < 1.29 is 4.74 Å². The second-order valence-corrected chi connectivity index (χ2v) is 9.61. The van der Waals surface area contributed by atoms with Gasteiger partial charge in [-0.05, 0) is 31.7 Å². The first kappa shape index (κ1) is 19.0. The van der Waals surface area contributed by atoms with Gasteiger partial charge >= 0.3 is 0 Å². The zero-order chi connectivity index (χ0) is 20.9. The first-order valence-electron chi connectivity index (χ1n) is 10.9. The van der Waals surface area contributed by atoms with Crippen LogP contribution in [0, 0.1) is 6.92 Å². The first-order chi connectivity index (χ1) is 15.2. The van der Waals surface area contributed by atoms with Crippen LogP contribution in [0.3, 0.4) is 0 Å². The lowest BCUT2D eigenvalue weighted by Crippen LogP contribution is -2.39. The lowest BCUT2D eigenvalue weighted by atomic mass is 10.0. The second-order valence-electron chi connectivity index (χ2n) is 8.53. The van der Waals surface area contributed by atoms with E-state index >= 15 is 0 Å². The molecule has 1 fully saturated rings. The van der Waals surface area contributed by atoms with Crippen LogP contribution in [-0.2, 0) is 24.6 Å². The van der Waals surface area contributed by atoms with Gasteiger partial charge in [-0.25, -0.2) is 9.97 Å². The molecule has 158 valence electrons. The highest BCUT2D eigenvalue weighted by Crippen LogP contribution is 2.42. The van der Waals surface area contributed by atoms with Crippen LogP contribution in [0.15, 0.2) is 36.7 Å². The van der Waals surface area contributed by atoms with Crippen LogP contribution < -0.4 is 4.90 Å². The van der Waals surface area contributed by atoms with Crippen molar-refractivity contribution in [2.45, 2.75) is 32.3 Å². The van der Waals surface area contributed by atoms with Gasteiger partial charge in [0.25, 0.3) is 0 Å². The van der Waals surface area contributed by atoms with Crippen molar-refractivity contribution in [3.05, 3.63) is 58.2 Å². The number of thiophene rings is 1. The van der Waals surface area contributed by atoms with E-state index in [0.29, 0.717) is 6.61 Å². The van der Waals surface area contributed by atoms with E-state index in [1.54, 1.807) is 0 Å². The quantitative estimate of drug-likeness (QED) is 0.479. The number of ether oxygens (including phenoxy) is 1. The van der Waals surface area contributed by atoms with Crippen molar-refractivity contribution in [3.63, 3.8) is 0 Å². The van der Waals surface area contributed by atoms with Crippen molar-refractivity contribution in [1.29, 1.82) is 0 Å². The molecule has 0 bridgehead atoms. The molecule has 0 amide bonds. The molecule has 4 aromatic rings. The Morgan fingerprint density at radius 2 is 2.00 bits per heavy atom. The molecule has 0 spiro atoms. The molecule has 7 heteroatoms. The van der Waals surface area contributed by atoms with Gasteiger partial charge in [0, 0.05) is 41.2 Å². The summed E-state index contributed by atoms with van der Waals surface area (Å²) in [5.41, 5.74) is 6.07. The van der Waals surface area contributed by atoms with Gasteiger partial charge in [0.15, 0.2) is 0 Å². The van der Waals surface area contributed by atoms with Gasteiger partial charge in [-0.15, -0.1) is 11.3 Å². The summed E-state index contributed by atoms with van der Waals surface area (Å²) in [5, 5.41) is 5.57. The molecule has 4 heterocycles. The largest absolute Gasteiger partial charge is 0.370 e. The Hall–Kier alpha value is -2.77. The number of aromatic nitrogens is 4. The second kappa shape index (κ2) is 7.43. The van der Waals surface area contributed by atoms with Gasteiger partial charge in [-0.2, -0.15) is 5.10 Å². The minimum Gasteiger partial charge on any atom is -0.370 e. The third-order valence-corrected chi connectivity index (χ3v) is 7.51. The fourth-order valence-corrected chi connectivity index (χ4v) is 5.94. The number of nitrogens with zero attached hydrogens (tertiary/aromatic N) is 5. The highest BCUT2D eigenvalue weighted by atomic mass is 32.1. The van der Waals surface area contributed by atoms with Crippen molar-refractivity contribution in [2.24, 2.45) is 7.05 Å². The van der Waals surface area contributed by atoms with Crippen molar-refractivity contribution in [1.82, 2.24) is 19.7 Å². The van der Waals surface area contributed by atoms with E-state index in [4.69, 9.17) is 14.7 Å². The molecule has 2 aliphatic rings. The Morgan fingerprint density at radius 1 is 1.13 bits per heavy atom. The molecule has 1 atom stereocenters. The number of morpholine rings is 1. The maximum absolute atomic E-state index is 6.05. The van der Waals surface area contributed by atoms with Gasteiger partial charge in [0.05, 0.1) is 25.0 Å². The van der Waals surface area contributed by atoms with Crippen LogP contribution in [-0.4, -0.2) is 39.4 Å². The Bertz CT molecular complexity index is 1260. The lowest BCUT2D eigenvalue weighted by molar-refractivity contribution is 0.0392. The average Bonchev–Trinajstić information content (AvgIpc) is 3.50. The summed E-state index contributed by atoms with van der Waals surface area (Å²) in [5.74, 6) is 0.806. The summed E-state index contributed by atoms with van der Waals surface area (Å²) in [6.07, 6.45) is 7.44. The molecule has 0 N–H and O–H groups in total. The van der Waals surface area contributed by atoms with E-state index in [2.05, 4.69) is 41.2 Å². The number of fused-ring (bicyclic) bond motifs is 3. The predicted molar refractivity (Wildman–Crippen MR) is 124 cm³/mol. The molecule has 1 unspecified atom stereocenters. The van der Waals surface area contributed by atoms with Crippen molar-refractivity contribution in [3.8, 4) is 11.3 Å². The lowest BCUT2D eigenvalue weighted by Gasteiger charge is -2.32. The van der Waals surface area contributed by atoms with Crippen molar-refractivity contribution >= 4 is 27.5 Å². The number of hydrogen-bond acceptors (Lipinski definition) is 6. The van der Waals surface area contributed by atoms with Gasteiger partial charge < -0.3 is 9.64 Å². The van der Waals surface area contributed by atoms with Gasteiger partial charge in [0.2, 0.25) is 5.95 Å². The number of benzene rings is 1. The fourth-order valence-electron chi connectivity index (χ4n) is 4.69. The van der Waals surface area contributed by atoms with Gasteiger partial charge in [0.1, 0.15) is 10.9 Å². The SMILES string of the molecule is Cc1ccc(-c2nc(N3CCOC(c4cnn(C)c4)C3)nc3sc4c(c23)CCC4)cc1. The van der Waals surface area contributed by atoms with Crippen LogP contribution >= 0.6 is 11.3 Å². The van der Waals surface area contributed by atoms with E-state index in [-0.39, 0.29) is 6.10 Å². The van der Waals surface area contributed by atoms with Crippen LogP contribution in [0.5, 0.6) is 0 Å². The Morgan fingerprint density at radius 3 is 2.81 bits per heavy atom. The van der Waals surface area contributed by atoms with E-state index in [1.165, 1.54) is 39.8 Å². The maximum Gasteiger partial charge on any atom is 0.227 e. The average molecular weight is 432 g/mol. The molecule has 0 radical (unpaired) electrons. The normalized spacial score (nSPS) is 18.6. The van der Waals surface area contributed by atoms with Crippen LogP contribution in [0.4, 0.5) is 5.95 Å². The molecule has 6 nitrogen and oxygen atoms in total. The highest BCUT2D eigenvalue weighted by molar-refractivity contribution is 7.19. The summed E-state index contributed by atoms with van der Waals surface area (Å²) in [6, 6.07) is 8.72. The Kier molecular flexibility index (Phi) is 4.54. The molecule has 3 aromatic heterocycles. The smallest absolute Gasteiger partial charge is 0.227 e. The predicted octanol–water partition coefficient (Wildman–Crippen LogP) is 4.47. The van der Waals surface area contributed by atoms with Crippen LogP contribution in [0.25, 0.3) is 21.5 Å². The third-order valence-electron chi connectivity index (χ3n) is 6.32. The molecule has 1 aromatic carbocycles. The van der Waals surface area contributed by atoms with Crippen molar-refractivity contribution in [2.75, 3.05) is 24.6 Å². The van der Waals surface area contributed by atoms with Crippen LogP contribution in [0.2, 0.25) is 0 Å². The fraction of sp³-hybridized carbons (Fsp3) is 0.375. The summed E-state index contributed by atoms with van der Waals surface area (Å²) >= 11 is 1.85. The van der Waals surface area contributed by atoms with Crippen LogP contribution in [0.1, 0.15) is 34.1 Å². The topological polar surface area (TPSA) is 56.1 Å². The zero-order valence-electron chi connectivity index (χ0n) is 17.8. The molecule has 1 aliphatic carbocycles. The monoisotopic (exact) mass is 431 g/mol. The van der Waals surface area contributed by atoms with E-state index < -0.39 is 0 Å². The molecule has 31 heavy (non-hydrogen) atoms. The number of hydrogen-bond donors (Lipinski definition) is 0. The molecular formula is C24H25N5OS. The highest BCUT2D eigenvalue weighted by Gasteiger charge is 2.28. The third kappa shape index (κ3) is 3.32. The summed E-state index contributed by atoms with van der Waals surface area (Å²) in [4.78, 5) is 15.1. The first-order valence-corrected chi connectivity index (χ1v) is 11.7. The number of rotatable bonds is 3. The molecule has 6 rings (SSSR count). The maximum atomic E-state index is 6.05. The summed E-state index contributed by atoms with van der Waals surface area (Å²) < 4.78 is 7.87. The molecular weight excluding hydrogens is 406 g/mol.